The zero-order chi connectivity index (χ0) is 20.5. The zero-order valence-electron chi connectivity index (χ0n) is 15.1. The molecular formula is C20H18N2O6S. The number of thiazole rings is 1. The van der Waals surface area contributed by atoms with E-state index in [1.54, 1.807) is 6.07 Å². The topological polar surface area (TPSA) is 129 Å². The van der Waals surface area contributed by atoms with Crippen LogP contribution in [0.25, 0.3) is 10.8 Å². The molecule has 0 amide bonds. The summed E-state index contributed by atoms with van der Waals surface area (Å²) in [6, 6.07) is 13.1. The van der Waals surface area contributed by atoms with Crippen molar-refractivity contribution in [3.8, 4) is 0 Å². The number of aromatic nitrogens is 1. The minimum Gasteiger partial charge on any atom is -0.394 e. The van der Waals surface area contributed by atoms with E-state index in [1.165, 1.54) is 6.20 Å². The summed E-state index contributed by atoms with van der Waals surface area (Å²) in [6.45, 7) is -0.562. The fourth-order valence-electron chi connectivity index (χ4n) is 3.14. The van der Waals surface area contributed by atoms with Gasteiger partial charge in [0.2, 0.25) is 11.6 Å². The number of carbonyl (C=O) groups is 2. The van der Waals surface area contributed by atoms with Crippen molar-refractivity contribution in [1.29, 1.82) is 0 Å². The lowest BCUT2D eigenvalue weighted by atomic mass is 10.00. The van der Waals surface area contributed by atoms with E-state index in [1.807, 2.05) is 36.4 Å². The number of fused-ring (bicyclic) bond motifs is 1. The Morgan fingerprint density at radius 2 is 1.93 bits per heavy atom. The molecule has 8 nitrogen and oxygen atoms in total. The molecule has 0 spiro atoms. The van der Waals surface area contributed by atoms with Crippen LogP contribution in [0.5, 0.6) is 0 Å². The van der Waals surface area contributed by atoms with Gasteiger partial charge in [-0.05, 0) is 16.8 Å². The van der Waals surface area contributed by atoms with Crippen LogP contribution in [0.15, 0.2) is 48.7 Å². The van der Waals surface area contributed by atoms with Gasteiger partial charge in [-0.2, -0.15) is 0 Å². The number of nitrogens with zero attached hydrogens (tertiary/aromatic N) is 1. The first-order chi connectivity index (χ1) is 14.0. The van der Waals surface area contributed by atoms with Crippen LogP contribution in [0.4, 0.5) is 5.13 Å². The Balaban J connectivity index is 1.51. The number of ether oxygens (including phenoxy) is 1. The largest absolute Gasteiger partial charge is 0.394 e. The summed E-state index contributed by atoms with van der Waals surface area (Å²) in [5.41, 5.74) is 0.516. The monoisotopic (exact) mass is 414 g/mol. The molecule has 1 saturated heterocycles. The standard InChI is InChI=1S/C20H18N2O6S/c23-9-13-16(25)17(26)18(27)19(28-13)22-20-21-8-14(29-20)15(24)12-6-5-10-3-1-2-4-11(10)7-12/h1-8,13,16-17,19,23,25-26H,9H2,(H,21,22). The normalized spacial score (nSPS) is 24.6. The van der Waals surface area contributed by atoms with Crippen molar-refractivity contribution in [3.63, 3.8) is 0 Å². The molecule has 4 rings (SSSR count). The number of aliphatic hydroxyl groups excluding tert-OH is 3. The number of rotatable bonds is 5. The number of ketones is 2. The van der Waals surface area contributed by atoms with Crippen LogP contribution in [0.2, 0.25) is 0 Å². The maximum absolute atomic E-state index is 12.8. The third-order valence-corrected chi connectivity index (χ3v) is 5.67. The second kappa shape index (κ2) is 7.97. The van der Waals surface area contributed by atoms with Gasteiger partial charge >= 0.3 is 0 Å². The maximum atomic E-state index is 12.8. The molecule has 4 unspecified atom stereocenters. The molecule has 1 aromatic heterocycles. The SMILES string of the molecule is O=C(c1ccc2ccccc2c1)c1cnc(NC2OC(CO)C(O)C(O)C2=O)s1. The second-order valence-electron chi connectivity index (χ2n) is 6.64. The van der Waals surface area contributed by atoms with Gasteiger partial charge in [-0.25, -0.2) is 4.98 Å². The summed E-state index contributed by atoms with van der Waals surface area (Å²) < 4.78 is 5.30. The fraction of sp³-hybridized carbons (Fsp3) is 0.250. The van der Waals surface area contributed by atoms with E-state index in [2.05, 4.69) is 10.3 Å². The molecule has 4 atom stereocenters. The van der Waals surface area contributed by atoms with Crippen LogP contribution in [0.1, 0.15) is 15.2 Å². The van der Waals surface area contributed by atoms with Gasteiger partial charge < -0.3 is 25.4 Å². The summed E-state index contributed by atoms with van der Waals surface area (Å²) in [4.78, 5) is 29.4. The molecule has 1 fully saturated rings. The van der Waals surface area contributed by atoms with E-state index in [-0.39, 0.29) is 10.9 Å². The van der Waals surface area contributed by atoms with E-state index in [9.17, 15) is 24.9 Å². The van der Waals surface area contributed by atoms with Crippen molar-refractivity contribution in [2.45, 2.75) is 24.5 Å². The molecule has 0 bridgehead atoms. The Hall–Kier alpha value is -2.69. The highest BCUT2D eigenvalue weighted by molar-refractivity contribution is 7.17. The number of Topliss-reactive ketones (excluding diaryl/α,β-unsaturated/α-hetero) is 1. The molecular weight excluding hydrogens is 396 g/mol. The average molecular weight is 414 g/mol. The lowest BCUT2D eigenvalue weighted by Crippen LogP contribution is -2.58. The summed E-state index contributed by atoms with van der Waals surface area (Å²) in [5, 5.41) is 33.7. The fourth-order valence-corrected chi connectivity index (χ4v) is 3.93. The first kappa shape index (κ1) is 19.6. The van der Waals surface area contributed by atoms with Gasteiger partial charge in [0.25, 0.3) is 0 Å². The summed E-state index contributed by atoms with van der Waals surface area (Å²) in [6.07, 6.45) is -4.20. The molecule has 0 aliphatic carbocycles. The van der Waals surface area contributed by atoms with Crippen molar-refractivity contribution in [2.24, 2.45) is 0 Å². The molecule has 2 aromatic carbocycles. The van der Waals surface area contributed by atoms with E-state index >= 15 is 0 Å². The van der Waals surface area contributed by atoms with Gasteiger partial charge in [-0.3, -0.25) is 9.59 Å². The van der Waals surface area contributed by atoms with Crippen molar-refractivity contribution in [3.05, 3.63) is 59.1 Å². The van der Waals surface area contributed by atoms with Crippen molar-refractivity contribution in [2.75, 3.05) is 11.9 Å². The lowest BCUT2D eigenvalue weighted by molar-refractivity contribution is -0.183. The zero-order valence-corrected chi connectivity index (χ0v) is 15.9. The van der Waals surface area contributed by atoms with Crippen LogP contribution in [0.3, 0.4) is 0 Å². The number of nitrogens with one attached hydrogen (secondary N) is 1. The molecule has 4 N–H and O–H groups in total. The minimum absolute atomic E-state index is 0.208. The highest BCUT2D eigenvalue weighted by Crippen LogP contribution is 2.26. The molecule has 3 aromatic rings. The smallest absolute Gasteiger partial charge is 0.213 e. The number of hydrogen-bond donors (Lipinski definition) is 4. The van der Waals surface area contributed by atoms with Crippen molar-refractivity contribution >= 4 is 38.8 Å². The van der Waals surface area contributed by atoms with Gasteiger partial charge in [0, 0.05) is 5.56 Å². The number of benzene rings is 2. The Labute approximate surface area is 169 Å². The Bertz CT molecular complexity index is 1070. The Kier molecular flexibility index (Phi) is 5.39. The average Bonchev–Trinajstić information content (AvgIpc) is 3.21. The molecule has 0 saturated carbocycles. The van der Waals surface area contributed by atoms with Gasteiger partial charge in [-0.1, -0.05) is 47.7 Å². The number of carbonyl (C=O) groups excluding carboxylic acids is 2. The summed E-state index contributed by atoms with van der Waals surface area (Å²) in [5.74, 6) is -0.985. The molecule has 29 heavy (non-hydrogen) atoms. The van der Waals surface area contributed by atoms with Gasteiger partial charge in [0.05, 0.1) is 17.7 Å². The first-order valence-corrected chi connectivity index (χ1v) is 9.71. The highest BCUT2D eigenvalue weighted by atomic mass is 32.1. The van der Waals surface area contributed by atoms with Crippen LogP contribution < -0.4 is 5.32 Å². The predicted molar refractivity (Wildman–Crippen MR) is 106 cm³/mol. The van der Waals surface area contributed by atoms with Gasteiger partial charge in [0.1, 0.15) is 18.3 Å². The minimum atomic E-state index is -1.68. The summed E-state index contributed by atoms with van der Waals surface area (Å²) >= 11 is 1.04. The van der Waals surface area contributed by atoms with Crippen LogP contribution in [0, 0.1) is 0 Å². The van der Waals surface area contributed by atoms with E-state index in [0.29, 0.717) is 10.4 Å². The summed E-state index contributed by atoms with van der Waals surface area (Å²) in [7, 11) is 0. The maximum Gasteiger partial charge on any atom is 0.213 e. The molecule has 0 radical (unpaired) electrons. The quantitative estimate of drug-likeness (QED) is 0.454. The number of hydrogen-bond acceptors (Lipinski definition) is 9. The molecule has 150 valence electrons. The molecule has 9 heteroatoms. The van der Waals surface area contributed by atoms with Crippen LogP contribution in [-0.2, 0) is 9.53 Å². The third-order valence-electron chi connectivity index (χ3n) is 4.74. The van der Waals surface area contributed by atoms with Crippen LogP contribution in [-0.4, -0.2) is 63.0 Å². The van der Waals surface area contributed by atoms with Crippen molar-refractivity contribution in [1.82, 2.24) is 4.98 Å². The first-order valence-electron chi connectivity index (χ1n) is 8.90. The lowest BCUT2D eigenvalue weighted by Gasteiger charge is -2.35. The Morgan fingerprint density at radius 3 is 2.69 bits per heavy atom. The van der Waals surface area contributed by atoms with Crippen molar-refractivity contribution < 1.29 is 29.6 Å². The number of aliphatic hydroxyl groups is 3. The van der Waals surface area contributed by atoms with Crippen LogP contribution >= 0.6 is 11.3 Å². The number of anilines is 1. The third kappa shape index (κ3) is 3.78. The van der Waals surface area contributed by atoms with Gasteiger partial charge in [0.15, 0.2) is 11.4 Å². The molecule has 1 aliphatic rings. The van der Waals surface area contributed by atoms with E-state index in [4.69, 9.17) is 4.74 Å². The highest BCUT2D eigenvalue weighted by Gasteiger charge is 2.43. The predicted octanol–water partition coefficient (Wildman–Crippen LogP) is 0.947. The molecule has 1 aliphatic heterocycles. The Morgan fingerprint density at radius 1 is 1.17 bits per heavy atom. The second-order valence-corrected chi connectivity index (χ2v) is 7.67. The van der Waals surface area contributed by atoms with E-state index < -0.39 is 36.9 Å². The molecule has 2 heterocycles. The van der Waals surface area contributed by atoms with E-state index in [0.717, 1.165) is 22.1 Å². The van der Waals surface area contributed by atoms with Gasteiger partial charge in [-0.15, -0.1) is 0 Å².